The van der Waals surface area contributed by atoms with Crippen molar-refractivity contribution in [1.29, 1.82) is 0 Å². The first kappa shape index (κ1) is 10.2. The van der Waals surface area contributed by atoms with Crippen molar-refractivity contribution in [2.75, 3.05) is 13.1 Å². The van der Waals surface area contributed by atoms with Crippen molar-refractivity contribution < 1.29 is 14.3 Å². The number of nitrogens with zero attached hydrogens (tertiary/aromatic N) is 1. The maximum absolute atomic E-state index is 10.8. The highest BCUT2D eigenvalue weighted by Crippen LogP contribution is 2.27. The van der Waals surface area contributed by atoms with Crippen molar-refractivity contribution in [1.82, 2.24) is 4.90 Å². The molecule has 4 heteroatoms. The molecule has 0 saturated carbocycles. The largest absolute Gasteiger partial charge is 0.481 e. The Hall–Kier alpha value is -1.29. The van der Waals surface area contributed by atoms with Crippen molar-refractivity contribution in [2.45, 2.75) is 19.4 Å². The molecule has 15 heavy (non-hydrogen) atoms. The first-order chi connectivity index (χ1) is 7.18. The van der Waals surface area contributed by atoms with Crippen molar-refractivity contribution in [2.24, 2.45) is 5.92 Å². The monoisotopic (exact) mass is 209 g/mol. The second-order valence-corrected chi connectivity index (χ2v) is 4.05. The lowest BCUT2D eigenvalue weighted by Gasteiger charge is -2.22. The van der Waals surface area contributed by atoms with Crippen LogP contribution in [0.3, 0.4) is 0 Å². The zero-order valence-corrected chi connectivity index (χ0v) is 8.72. The van der Waals surface area contributed by atoms with Crippen molar-refractivity contribution in [3.8, 4) is 0 Å². The predicted molar refractivity (Wildman–Crippen MR) is 54.4 cm³/mol. The fourth-order valence-corrected chi connectivity index (χ4v) is 2.06. The molecule has 1 aromatic heterocycles. The summed E-state index contributed by atoms with van der Waals surface area (Å²) in [5.41, 5.74) is 1.11. The van der Waals surface area contributed by atoms with Gasteiger partial charge < -0.3 is 9.52 Å². The molecule has 2 rings (SSSR count). The second kappa shape index (κ2) is 4.06. The van der Waals surface area contributed by atoms with Gasteiger partial charge in [0.25, 0.3) is 0 Å². The highest BCUT2D eigenvalue weighted by molar-refractivity contribution is 5.70. The molecule has 0 aliphatic carbocycles. The zero-order chi connectivity index (χ0) is 10.8. The van der Waals surface area contributed by atoms with Crippen LogP contribution in [0, 0.1) is 5.92 Å². The number of hydrogen-bond donors (Lipinski definition) is 1. The Morgan fingerprint density at radius 3 is 3.07 bits per heavy atom. The maximum atomic E-state index is 10.8. The highest BCUT2D eigenvalue weighted by atomic mass is 16.4. The van der Waals surface area contributed by atoms with Crippen LogP contribution in [0.2, 0.25) is 0 Å². The van der Waals surface area contributed by atoms with Crippen LogP contribution in [0.4, 0.5) is 0 Å². The molecule has 4 nitrogen and oxygen atoms in total. The molecule has 82 valence electrons. The molecule has 1 aliphatic heterocycles. The van der Waals surface area contributed by atoms with Crippen molar-refractivity contribution in [3.63, 3.8) is 0 Å². The van der Waals surface area contributed by atoms with E-state index in [0.717, 1.165) is 18.5 Å². The van der Waals surface area contributed by atoms with E-state index in [9.17, 15) is 4.79 Å². The molecule has 0 aromatic carbocycles. The quantitative estimate of drug-likeness (QED) is 0.824. The molecule has 0 radical (unpaired) electrons. The predicted octanol–water partition coefficient (Wildman–Crippen LogP) is 1.75. The Bertz CT molecular complexity index is 334. The minimum Gasteiger partial charge on any atom is -0.481 e. The van der Waals surface area contributed by atoms with Gasteiger partial charge >= 0.3 is 5.97 Å². The van der Waals surface area contributed by atoms with Crippen LogP contribution in [0.1, 0.15) is 24.9 Å². The summed E-state index contributed by atoms with van der Waals surface area (Å²) in [6.07, 6.45) is 4.12. The minimum absolute atomic E-state index is 0.209. The van der Waals surface area contributed by atoms with E-state index in [0.29, 0.717) is 6.54 Å². The number of aliphatic carboxylic acids is 1. The summed E-state index contributed by atoms with van der Waals surface area (Å²) in [5, 5.41) is 8.90. The molecule has 0 bridgehead atoms. The van der Waals surface area contributed by atoms with Gasteiger partial charge in [-0.3, -0.25) is 9.69 Å². The third-order valence-corrected chi connectivity index (χ3v) is 3.14. The van der Waals surface area contributed by atoms with Crippen LogP contribution in [0.5, 0.6) is 0 Å². The van der Waals surface area contributed by atoms with Crippen LogP contribution in [-0.4, -0.2) is 29.1 Å². The summed E-state index contributed by atoms with van der Waals surface area (Å²) >= 11 is 0. The summed E-state index contributed by atoms with van der Waals surface area (Å²) in [4.78, 5) is 13.0. The molecule has 0 spiro atoms. The Labute approximate surface area is 88.5 Å². The van der Waals surface area contributed by atoms with Gasteiger partial charge in [0.2, 0.25) is 0 Å². The van der Waals surface area contributed by atoms with Gasteiger partial charge in [-0.2, -0.15) is 0 Å². The summed E-state index contributed by atoms with van der Waals surface area (Å²) in [5.74, 6) is -0.892. The van der Waals surface area contributed by atoms with Crippen LogP contribution in [0.25, 0.3) is 0 Å². The van der Waals surface area contributed by atoms with E-state index in [1.54, 1.807) is 12.5 Å². The molecule has 1 N–H and O–H groups in total. The van der Waals surface area contributed by atoms with E-state index in [1.165, 1.54) is 0 Å². The first-order valence-corrected chi connectivity index (χ1v) is 5.17. The van der Waals surface area contributed by atoms with Gasteiger partial charge in [0.15, 0.2) is 0 Å². The van der Waals surface area contributed by atoms with Crippen LogP contribution < -0.4 is 0 Å². The Morgan fingerprint density at radius 2 is 2.53 bits per heavy atom. The van der Waals surface area contributed by atoms with Crippen molar-refractivity contribution in [3.05, 3.63) is 24.2 Å². The van der Waals surface area contributed by atoms with Gasteiger partial charge in [0, 0.05) is 18.2 Å². The second-order valence-electron chi connectivity index (χ2n) is 4.05. The number of carboxylic acid groups (broad SMARTS) is 1. The third kappa shape index (κ3) is 2.04. The lowest BCUT2D eigenvalue weighted by molar-refractivity contribution is -0.141. The lowest BCUT2D eigenvalue weighted by Crippen LogP contribution is -2.25. The fraction of sp³-hybridized carbons (Fsp3) is 0.545. The van der Waals surface area contributed by atoms with E-state index in [-0.39, 0.29) is 12.0 Å². The summed E-state index contributed by atoms with van der Waals surface area (Å²) in [6, 6.07) is 2.17. The number of furan rings is 1. The Kier molecular flexibility index (Phi) is 2.77. The molecular formula is C11H15NO3. The normalized spacial score (nSPS) is 24.2. The molecule has 1 aliphatic rings. The smallest absolute Gasteiger partial charge is 0.307 e. The fourth-order valence-electron chi connectivity index (χ4n) is 2.06. The zero-order valence-electron chi connectivity index (χ0n) is 8.72. The number of carbonyl (C=O) groups is 1. The molecule has 1 aromatic rings. The van der Waals surface area contributed by atoms with Gasteiger partial charge in [-0.05, 0) is 26.0 Å². The van der Waals surface area contributed by atoms with E-state index in [4.69, 9.17) is 9.52 Å². The van der Waals surface area contributed by atoms with Gasteiger partial charge in [-0.15, -0.1) is 0 Å². The maximum Gasteiger partial charge on any atom is 0.307 e. The topological polar surface area (TPSA) is 53.7 Å². The van der Waals surface area contributed by atoms with Crippen LogP contribution in [-0.2, 0) is 4.79 Å². The number of likely N-dealkylation sites (tertiary alicyclic amines) is 1. The van der Waals surface area contributed by atoms with Crippen LogP contribution in [0.15, 0.2) is 23.0 Å². The van der Waals surface area contributed by atoms with Crippen molar-refractivity contribution >= 4 is 5.97 Å². The average molecular weight is 209 g/mol. The average Bonchev–Trinajstić information content (AvgIpc) is 2.88. The van der Waals surface area contributed by atoms with E-state index in [1.807, 2.05) is 6.07 Å². The van der Waals surface area contributed by atoms with E-state index >= 15 is 0 Å². The third-order valence-electron chi connectivity index (χ3n) is 3.14. The SMILES string of the molecule is CC(c1ccoc1)N1CCC(C(=O)O)C1. The lowest BCUT2D eigenvalue weighted by atomic mass is 10.1. The van der Waals surface area contributed by atoms with E-state index in [2.05, 4.69) is 11.8 Å². The molecule has 2 unspecified atom stereocenters. The molecule has 1 saturated heterocycles. The molecule has 0 amide bonds. The Balaban J connectivity index is 1.99. The summed E-state index contributed by atoms with van der Waals surface area (Å²) < 4.78 is 5.03. The first-order valence-electron chi connectivity index (χ1n) is 5.17. The molecule has 2 atom stereocenters. The number of rotatable bonds is 3. The Morgan fingerprint density at radius 1 is 1.73 bits per heavy atom. The van der Waals surface area contributed by atoms with Crippen LogP contribution >= 0.6 is 0 Å². The summed E-state index contributed by atoms with van der Waals surface area (Å²) in [6.45, 7) is 3.57. The molecule has 1 fully saturated rings. The van der Waals surface area contributed by atoms with Gasteiger partial charge in [0.1, 0.15) is 0 Å². The number of carboxylic acids is 1. The van der Waals surface area contributed by atoms with Gasteiger partial charge in [-0.25, -0.2) is 0 Å². The molecular weight excluding hydrogens is 194 g/mol. The van der Waals surface area contributed by atoms with E-state index < -0.39 is 5.97 Å². The summed E-state index contributed by atoms with van der Waals surface area (Å²) in [7, 11) is 0. The molecule has 2 heterocycles. The highest BCUT2D eigenvalue weighted by Gasteiger charge is 2.31. The van der Waals surface area contributed by atoms with Gasteiger partial charge in [0.05, 0.1) is 18.4 Å². The minimum atomic E-state index is -0.683. The standard InChI is InChI=1S/C11H15NO3/c1-8(10-3-5-15-7-10)12-4-2-9(6-12)11(13)14/h3,5,7-9H,2,4,6H2,1H3,(H,13,14). The van der Waals surface area contributed by atoms with Gasteiger partial charge in [-0.1, -0.05) is 0 Å². The number of hydrogen-bond acceptors (Lipinski definition) is 3.